The van der Waals surface area contributed by atoms with E-state index in [0.29, 0.717) is 17.3 Å². The molecule has 0 aliphatic carbocycles. The molecule has 2 aromatic rings. The predicted molar refractivity (Wildman–Crippen MR) is 56.4 cm³/mol. The number of nitrogens with two attached hydrogens (primary N) is 1. The molecule has 15 heavy (non-hydrogen) atoms. The van der Waals surface area contributed by atoms with Crippen molar-refractivity contribution in [2.45, 2.75) is 6.42 Å². The fourth-order valence-corrected chi connectivity index (χ4v) is 1.40. The average Bonchev–Trinajstić information content (AvgIpc) is 2.69. The van der Waals surface area contributed by atoms with Gasteiger partial charge < -0.3 is 4.52 Å². The van der Waals surface area contributed by atoms with E-state index in [4.69, 9.17) is 22.0 Å². The smallest absolute Gasteiger partial charge is 0.314 e. The zero-order valence-electron chi connectivity index (χ0n) is 7.77. The van der Waals surface area contributed by atoms with E-state index in [1.165, 1.54) is 0 Å². The number of aromatic nitrogens is 2. The molecule has 5 nitrogen and oxygen atoms in total. The fourth-order valence-electron chi connectivity index (χ4n) is 1.20. The Bertz CT molecular complexity index is 457. The van der Waals surface area contributed by atoms with Crippen molar-refractivity contribution in [3.05, 3.63) is 40.7 Å². The van der Waals surface area contributed by atoms with Gasteiger partial charge in [-0.25, -0.2) is 5.84 Å². The number of halogens is 1. The van der Waals surface area contributed by atoms with Gasteiger partial charge >= 0.3 is 6.01 Å². The minimum absolute atomic E-state index is 0.192. The summed E-state index contributed by atoms with van der Waals surface area (Å²) >= 11 is 5.99. The quantitative estimate of drug-likeness (QED) is 0.612. The number of nitrogens with zero attached hydrogens (tertiary/aromatic N) is 2. The van der Waals surface area contributed by atoms with Crippen LogP contribution in [0.25, 0.3) is 0 Å². The minimum Gasteiger partial charge on any atom is -0.314 e. The van der Waals surface area contributed by atoms with Gasteiger partial charge in [0.2, 0.25) is 0 Å². The molecule has 0 saturated heterocycles. The standard InChI is InChI=1S/C9H9ClN4O/c10-7-4-2-1-3-6(7)5-8-12-9(13-11)15-14-8/h1-4H,5,11H2,(H,12,13,14). The molecule has 3 N–H and O–H groups in total. The van der Waals surface area contributed by atoms with Crippen LogP contribution >= 0.6 is 11.6 Å². The van der Waals surface area contributed by atoms with Crippen molar-refractivity contribution in [2.24, 2.45) is 5.84 Å². The van der Waals surface area contributed by atoms with Gasteiger partial charge in [0.15, 0.2) is 5.82 Å². The SMILES string of the molecule is NNc1nc(Cc2ccccc2Cl)no1. The van der Waals surface area contributed by atoms with Crippen molar-refractivity contribution in [3.63, 3.8) is 0 Å². The molecular weight excluding hydrogens is 216 g/mol. The van der Waals surface area contributed by atoms with Gasteiger partial charge in [-0.15, -0.1) is 0 Å². The Labute approximate surface area is 91.2 Å². The van der Waals surface area contributed by atoms with Crippen molar-refractivity contribution in [2.75, 3.05) is 5.43 Å². The van der Waals surface area contributed by atoms with Gasteiger partial charge in [-0.2, -0.15) is 4.98 Å². The molecule has 0 unspecified atom stereocenters. The zero-order valence-corrected chi connectivity index (χ0v) is 8.53. The number of hydrazine groups is 1. The lowest BCUT2D eigenvalue weighted by atomic mass is 10.1. The molecule has 78 valence electrons. The third-order valence-corrected chi connectivity index (χ3v) is 2.27. The number of hydrogen-bond donors (Lipinski definition) is 2. The van der Waals surface area contributed by atoms with E-state index >= 15 is 0 Å². The van der Waals surface area contributed by atoms with E-state index in [1.807, 2.05) is 24.3 Å². The Hall–Kier alpha value is -1.59. The van der Waals surface area contributed by atoms with E-state index < -0.39 is 0 Å². The maximum absolute atomic E-state index is 5.99. The third kappa shape index (κ3) is 2.26. The van der Waals surface area contributed by atoms with Crippen LogP contribution < -0.4 is 11.3 Å². The molecule has 0 saturated carbocycles. The van der Waals surface area contributed by atoms with Gasteiger partial charge in [-0.3, -0.25) is 5.43 Å². The maximum Gasteiger partial charge on any atom is 0.335 e. The Balaban J connectivity index is 2.18. The van der Waals surface area contributed by atoms with Gasteiger partial charge in [-0.1, -0.05) is 35.0 Å². The highest BCUT2D eigenvalue weighted by Gasteiger charge is 2.07. The lowest BCUT2D eigenvalue weighted by Crippen LogP contribution is -2.06. The number of benzene rings is 1. The Morgan fingerprint density at radius 3 is 2.87 bits per heavy atom. The number of rotatable bonds is 3. The van der Waals surface area contributed by atoms with Crippen molar-refractivity contribution >= 4 is 17.6 Å². The van der Waals surface area contributed by atoms with Crippen LogP contribution in [-0.2, 0) is 6.42 Å². The first-order chi connectivity index (χ1) is 7.29. The fraction of sp³-hybridized carbons (Fsp3) is 0.111. The topological polar surface area (TPSA) is 77.0 Å². The predicted octanol–water partition coefficient (Wildman–Crippen LogP) is 1.60. The first kappa shape index (κ1) is 9.95. The van der Waals surface area contributed by atoms with Crippen LogP contribution in [0, 0.1) is 0 Å². The summed E-state index contributed by atoms with van der Waals surface area (Å²) in [5, 5.41) is 4.42. The van der Waals surface area contributed by atoms with Crippen LogP contribution in [0.2, 0.25) is 5.02 Å². The monoisotopic (exact) mass is 224 g/mol. The second-order valence-corrected chi connectivity index (χ2v) is 3.34. The summed E-state index contributed by atoms with van der Waals surface area (Å²) in [7, 11) is 0. The van der Waals surface area contributed by atoms with E-state index in [2.05, 4.69) is 15.6 Å². The lowest BCUT2D eigenvalue weighted by Gasteiger charge is -1.98. The van der Waals surface area contributed by atoms with Crippen molar-refractivity contribution < 1.29 is 4.52 Å². The van der Waals surface area contributed by atoms with E-state index in [0.717, 1.165) is 5.56 Å². The molecular formula is C9H9ClN4O. The van der Waals surface area contributed by atoms with Crippen LogP contribution in [0.5, 0.6) is 0 Å². The molecule has 1 aromatic heterocycles. The molecule has 0 bridgehead atoms. The van der Waals surface area contributed by atoms with E-state index in [9.17, 15) is 0 Å². The van der Waals surface area contributed by atoms with Crippen LogP contribution in [0.3, 0.4) is 0 Å². The van der Waals surface area contributed by atoms with Crippen LogP contribution in [-0.4, -0.2) is 10.1 Å². The van der Waals surface area contributed by atoms with Gasteiger partial charge in [-0.05, 0) is 11.6 Å². The molecule has 6 heteroatoms. The number of hydrogen-bond acceptors (Lipinski definition) is 5. The molecule has 0 aliphatic heterocycles. The summed E-state index contributed by atoms with van der Waals surface area (Å²) in [4.78, 5) is 3.99. The van der Waals surface area contributed by atoms with Gasteiger partial charge in [0.25, 0.3) is 0 Å². The average molecular weight is 225 g/mol. The van der Waals surface area contributed by atoms with E-state index in [-0.39, 0.29) is 6.01 Å². The highest BCUT2D eigenvalue weighted by molar-refractivity contribution is 6.31. The molecule has 0 fully saturated rings. The first-order valence-corrected chi connectivity index (χ1v) is 4.70. The second kappa shape index (κ2) is 4.29. The Morgan fingerprint density at radius 1 is 1.40 bits per heavy atom. The summed E-state index contributed by atoms with van der Waals surface area (Å²) in [6.45, 7) is 0. The number of anilines is 1. The Morgan fingerprint density at radius 2 is 2.20 bits per heavy atom. The molecule has 0 spiro atoms. The van der Waals surface area contributed by atoms with Crippen LogP contribution in [0.15, 0.2) is 28.8 Å². The van der Waals surface area contributed by atoms with Crippen molar-refractivity contribution in [3.8, 4) is 0 Å². The molecule has 2 rings (SSSR count). The van der Waals surface area contributed by atoms with Gasteiger partial charge in [0.1, 0.15) is 0 Å². The summed E-state index contributed by atoms with van der Waals surface area (Å²) in [6, 6.07) is 7.70. The largest absolute Gasteiger partial charge is 0.335 e. The highest BCUT2D eigenvalue weighted by Crippen LogP contribution is 2.17. The summed E-state index contributed by atoms with van der Waals surface area (Å²) in [5.41, 5.74) is 3.22. The molecule has 0 amide bonds. The highest BCUT2D eigenvalue weighted by atomic mass is 35.5. The normalized spacial score (nSPS) is 10.3. The third-order valence-electron chi connectivity index (χ3n) is 1.90. The maximum atomic E-state index is 5.99. The summed E-state index contributed by atoms with van der Waals surface area (Å²) < 4.78 is 4.79. The molecule has 0 atom stereocenters. The van der Waals surface area contributed by atoms with Crippen LogP contribution in [0.1, 0.15) is 11.4 Å². The zero-order chi connectivity index (χ0) is 10.7. The molecule has 1 aromatic carbocycles. The van der Waals surface area contributed by atoms with Crippen molar-refractivity contribution in [1.82, 2.24) is 10.1 Å². The number of nitrogens with one attached hydrogen (secondary N) is 1. The lowest BCUT2D eigenvalue weighted by molar-refractivity contribution is 0.424. The van der Waals surface area contributed by atoms with Gasteiger partial charge in [0.05, 0.1) is 0 Å². The second-order valence-electron chi connectivity index (χ2n) is 2.93. The van der Waals surface area contributed by atoms with Crippen molar-refractivity contribution in [1.29, 1.82) is 0 Å². The van der Waals surface area contributed by atoms with E-state index in [1.54, 1.807) is 0 Å². The molecule has 0 radical (unpaired) electrons. The van der Waals surface area contributed by atoms with Gasteiger partial charge in [0, 0.05) is 11.4 Å². The molecule has 1 heterocycles. The summed E-state index contributed by atoms with van der Waals surface area (Å²) in [6.07, 6.45) is 0.519. The first-order valence-electron chi connectivity index (χ1n) is 4.32. The minimum atomic E-state index is 0.192. The Kier molecular flexibility index (Phi) is 2.84. The number of nitrogen functional groups attached to an aromatic ring is 1. The summed E-state index contributed by atoms with van der Waals surface area (Å²) in [5.74, 6) is 5.65. The molecule has 0 aliphatic rings. The van der Waals surface area contributed by atoms with Crippen LogP contribution in [0.4, 0.5) is 6.01 Å².